The van der Waals surface area contributed by atoms with Crippen LogP contribution in [0.2, 0.25) is 0 Å². The molecule has 130 valence electrons. The van der Waals surface area contributed by atoms with Gasteiger partial charge in [0, 0.05) is 18.2 Å². The Morgan fingerprint density at radius 1 is 1.50 bits per heavy atom. The number of fused-ring (bicyclic) bond motifs is 1. The average Bonchev–Trinajstić information content (AvgIpc) is 2.88. The number of ether oxygens (including phenoxy) is 1. The van der Waals surface area contributed by atoms with Crippen LogP contribution in [0.15, 0.2) is 39.4 Å². The first kappa shape index (κ1) is 17.6. The lowest BCUT2D eigenvalue weighted by molar-refractivity contribution is 0.195. The van der Waals surface area contributed by atoms with Crippen LogP contribution in [0.5, 0.6) is 5.75 Å². The van der Waals surface area contributed by atoms with Gasteiger partial charge in [0.1, 0.15) is 12.4 Å². The van der Waals surface area contributed by atoms with Gasteiger partial charge < -0.3 is 19.7 Å². The highest BCUT2D eigenvalue weighted by Crippen LogP contribution is 2.20. The summed E-state index contributed by atoms with van der Waals surface area (Å²) in [6.07, 6.45) is 0.840. The topological polar surface area (TPSA) is 93.7 Å². The van der Waals surface area contributed by atoms with Crippen LogP contribution in [0.25, 0.3) is 11.0 Å². The summed E-state index contributed by atoms with van der Waals surface area (Å²) in [5, 5.41) is 11.0. The number of carboxylic acid groups (broad SMARTS) is 1. The molecule has 1 aromatic carbocycles. The van der Waals surface area contributed by atoms with Crippen LogP contribution >= 0.6 is 0 Å². The van der Waals surface area contributed by atoms with Crippen LogP contribution in [0, 0.1) is 0 Å². The molecule has 24 heavy (non-hydrogen) atoms. The van der Waals surface area contributed by atoms with Gasteiger partial charge in [0.05, 0.1) is 18.3 Å². The van der Waals surface area contributed by atoms with E-state index in [2.05, 4.69) is 5.32 Å². The van der Waals surface area contributed by atoms with Crippen molar-refractivity contribution in [3.8, 4) is 5.75 Å². The van der Waals surface area contributed by atoms with E-state index in [9.17, 15) is 14.0 Å². The second kappa shape index (κ2) is 8.19. The third kappa shape index (κ3) is 4.37. The fraction of sp³-hybridized carbons (Fsp3) is 0.375. The number of nitrogens with zero attached hydrogens (tertiary/aromatic N) is 1. The Morgan fingerprint density at radius 3 is 2.96 bits per heavy atom. The molecule has 0 unspecified atom stereocenters. The van der Waals surface area contributed by atoms with E-state index in [-0.39, 0.29) is 24.3 Å². The first-order valence-electron chi connectivity index (χ1n) is 7.56. The second-order valence-electron chi connectivity index (χ2n) is 5.22. The van der Waals surface area contributed by atoms with Crippen LogP contribution in [-0.4, -0.2) is 29.1 Å². The van der Waals surface area contributed by atoms with Crippen molar-refractivity contribution < 1.29 is 23.6 Å². The van der Waals surface area contributed by atoms with Crippen LogP contribution in [0.1, 0.15) is 19.8 Å². The van der Waals surface area contributed by atoms with E-state index < -0.39 is 6.09 Å². The molecule has 0 saturated heterocycles. The smallest absolute Gasteiger partial charge is 0.404 e. The van der Waals surface area contributed by atoms with Crippen molar-refractivity contribution in [3.63, 3.8) is 0 Å². The largest absolute Gasteiger partial charge is 0.489 e. The highest BCUT2D eigenvalue weighted by atomic mass is 19.1. The molecule has 0 aliphatic heterocycles. The van der Waals surface area contributed by atoms with Gasteiger partial charge in [0.25, 0.3) is 5.56 Å². The van der Waals surface area contributed by atoms with Crippen molar-refractivity contribution >= 4 is 17.1 Å². The number of hydrogen-bond donors (Lipinski definition) is 2. The third-order valence-corrected chi connectivity index (χ3v) is 3.38. The quantitative estimate of drug-likeness (QED) is 0.772. The van der Waals surface area contributed by atoms with Crippen molar-refractivity contribution in [3.05, 3.63) is 40.5 Å². The van der Waals surface area contributed by atoms with Gasteiger partial charge in [-0.25, -0.2) is 9.18 Å². The number of amides is 1. The molecule has 7 nitrogen and oxygen atoms in total. The Labute approximate surface area is 137 Å². The summed E-state index contributed by atoms with van der Waals surface area (Å²) < 4.78 is 24.9. The van der Waals surface area contributed by atoms with Gasteiger partial charge in [-0.05, 0) is 18.6 Å². The van der Waals surface area contributed by atoms with Gasteiger partial charge in [-0.3, -0.25) is 4.79 Å². The Morgan fingerprint density at radius 2 is 2.29 bits per heavy atom. The molecule has 8 heteroatoms. The number of rotatable bonds is 8. The van der Waals surface area contributed by atoms with Gasteiger partial charge in [0.2, 0.25) is 0 Å². The summed E-state index contributed by atoms with van der Waals surface area (Å²) in [4.78, 5) is 22.5. The number of benzene rings is 1. The zero-order chi connectivity index (χ0) is 17.5. The summed E-state index contributed by atoms with van der Waals surface area (Å²) in [5.74, 6) is 0.397. The van der Waals surface area contributed by atoms with Gasteiger partial charge in [0.15, 0.2) is 5.58 Å². The van der Waals surface area contributed by atoms with Gasteiger partial charge in [-0.1, -0.05) is 13.3 Å². The van der Waals surface area contributed by atoms with Crippen molar-refractivity contribution in [1.82, 2.24) is 10.1 Å². The summed E-state index contributed by atoms with van der Waals surface area (Å²) >= 11 is 0. The number of nitrogens with one attached hydrogen (secondary N) is 1. The summed E-state index contributed by atoms with van der Waals surface area (Å²) in [5.41, 5.74) is 0.336. The number of carbonyl (C=O) groups is 1. The number of hydrogen-bond acceptors (Lipinski definition) is 4. The van der Waals surface area contributed by atoms with Crippen molar-refractivity contribution in [1.29, 1.82) is 0 Å². The lowest BCUT2D eigenvalue weighted by atomic mass is 10.2. The van der Waals surface area contributed by atoms with Gasteiger partial charge in [-0.15, -0.1) is 0 Å². The summed E-state index contributed by atoms with van der Waals surface area (Å²) in [6.45, 7) is 2.24. The number of unbranched alkanes of at least 4 members (excludes halogenated alkanes) is 1. The molecule has 0 spiro atoms. The van der Waals surface area contributed by atoms with E-state index >= 15 is 0 Å². The summed E-state index contributed by atoms with van der Waals surface area (Å²) in [6, 6.07) is 4.73. The van der Waals surface area contributed by atoms with E-state index in [1.807, 2.05) is 6.92 Å². The number of halogens is 1. The zero-order valence-corrected chi connectivity index (χ0v) is 13.3. The molecule has 0 saturated carbocycles. The predicted molar refractivity (Wildman–Crippen MR) is 86.1 cm³/mol. The standard InChI is InChI=1S/C16H19FN2O5/c1-2-3-6-19-15(20)13-5-4-12(7-14(13)24-19)23-10-11(8-17)9-18-16(21)22/h4-5,7-8,18H,2-3,6,9-10H2,1H3,(H,21,22). The number of aromatic nitrogens is 1. The first-order valence-corrected chi connectivity index (χ1v) is 7.56. The Hall–Kier alpha value is -2.77. The molecule has 2 N–H and O–H groups in total. The lowest BCUT2D eigenvalue weighted by Crippen LogP contribution is -2.25. The third-order valence-electron chi connectivity index (χ3n) is 3.38. The molecule has 2 aromatic rings. The maximum Gasteiger partial charge on any atom is 0.404 e. The Balaban J connectivity index is 2.07. The fourth-order valence-electron chi connectivity index (χ4n) is 2.07. The minimum absolute atomic E-state index is 0.122. The molecule has 1 aromatic heterocycles. The molecular weight excluding hydrogens is 319 g/mol. The molecule has 1 heterocycles. The molecule has 0 aliphatic rings. The molecule has 0 atom stereocenters. The normalized spacial score (nSPS) is 11.7. The minimum atomic E-state index is -1.24. The van der Waals surface area contributed by atoms with Gasteiger partial charge >= 0.3 is 6.09 Å². The van der Waals surface area contributed by atoms with E-state index in [4.69, 9.17) is 14.4 Å². The Bertz CT molecular complexity index is 793. The highest BCUT2D eigenvalue weighted by Gasteiger charge is 2.10. The van der Waals surface area contributed by atoms with Crippen molar-refractivity contribution in [2.24, 2.45) is 0 Å². The maximum absolute atomic E-state index is 12.7. The minimum Gasteiger partial charge on any atom is -0.489 e. The molecular formula is C16H19FN2O5. The highest BCUT2D eigenvalue weighted by molar-refractivity contribution is 5.77. The average molecular weight is 338 g/mol. The van der Waals surface area contributed by atoms with E-state index in [0.717, 1.165) is 12.8 Å². The molecule has 0 fully saturated rings. The van der Waals surface area contributed by atoms with E-state index in [1.165, 1.54) is 4.74 Å². The van der Waals surface area contributed by atoms with Crippen molar-refractivity contribution in [2.75, 3.05) is 13.2 Å². The second-order valence-corrected chi connectivity index (χ2v) is 5.22. The SMILES string of the molecule is CCCCn1oc2cc(OCC(=CF)CNC(=O)O)ccc2c1=O. The van der Waals surface area contributed by atoms with E-state index in [0.29, 0.717) is 29.6 Å². The number of aryl methyl sites for hydroxylation is 1. The molecule has 0 radical (unpaired) electrons. The van der Waals surface area contributed by atoms with Crippen LogP contribution < -0.4 is 15.6 Å². The Kier molecular flexibility index (Phi) is 6.00. The van der Waals surface area contributed by atoms with Crippen molar-refractivity contribution in [2.45, 2.75) is 26.3 Å². The van der Waals surface area contributed by atoms with Crippen LogP contribution in [-0.2, 0) is 6.54 Å². The molecule has 1 amide bonds. The lowest BCUT2D eigenvalue weighted by Gasteiger charge is -2.08. The fourth-order valence-corrected chi connectivity index (χ4v) is 2.07. The first-order chi connectivity index (χ1) is 11.5. The molecule has 0 bridgehead atoms. The zero-order valence-electron chi connectivity index (χ0n) is 13.3. The van der Waals surface area contributed by atoms with E-state index in [1.54, 1.807) is 18.2 Å². The predicted octanol–water partition coefficient (Wildman–Crippen LogP) is 2.89. The molecule has 2 rings (SSSR count). The monoisotopic (exact) mass is 338 g/mol. The summed E-state index contributed by atoms with van der Waals surface area (Å²) in [7, 11) is 0. The maximum atomic E-state index is 12.7. The van der Waals surface area contributed by atoms with Crippen LogP contribution in [0.4, 0.5) is 9.18 Å². The van der Waals surface area contributed by atoms with Crippen LogP contribution in [0.3, 0.4) is 0 Å². The molecule has 0 aliphatic carbocycles. The van der Waals surface area contributed by atoms with Gasteiger partial charge in [-0.2, -0.15) is 4.74 Å².